The summed E-state index contributed by atoms with van der Waals surface area (Å²) in [6, 6.07) is 4.16. The van der Waals surface area contributed by atoms with Crippen molar-refractivity contribution in [3.05, 3.63) is 28.7 Å². The lowest BCUT2D eigenvalue weighted by molar-refractivity contribution is -0.155. The van der Waals surface area contributed by atoms with Crippen LogP contribution in [-0.2, 0) is 20.7 Å². The molecule has 0 unspecified atom stereocenters. The predicted octanol–water partition coefficient (Wildman–Crippen LogP) is 2.86. The number of carbonyl (C=O) groups is 2. The molecular formula is C22H29N5O3. The van der Waals surface area contributed by atoms with E-state index in [0.29, 0.717) is 19.3 Å². The van der Waals surface area contributed by atoms with Gasteiger partial charge in [-0.15, -0.1) is 0 Å². The summed E-state index contributed by atoms with van der Waals surface area (Å²) in [5.74, 6) is -0.878. The van der Waals surface area contributed by atoms with Crippen LogP contribution in [0.15, 0.2) is 6.07 Å². The SMILES string of the molecule is Cc1cc2nc(C)c(CCC(=O)O[C@@H](C)C(=O)NC3(C#N)CCCCC3)c(C)n2n1. The summed E-state index contributed by atoms with van der Waals surface area (Å²) in [7, 11) is 0. The van der Waals surface area contributed by atoms with Gasteiger partial charge in [0, 0.05) is 23.9 Å². The standard InChI is InChI=1S/C22H29N5O3/c1-14-12-19-24-15(2)18(16(3)27(19)26-14)8-9-20(28)30-17(4)21(29)25-22(13-23)10-6-5-7-11-22/h12,17H,5-11H2,1-4H3,(H,25,29)/t17-/m0/s1. The summed E-state index contributed by atoms with van der Waals surface area (Å²) in [6.07, 6.45) is 3.81. The minimum absolute atomic E-state index is 0.135. The summed E-state index contributed by atoms with van der Waals surface area (Å²) >= 11 is 0. The highest BCUT2D eigenvalue weighted by Gasteiger charge is 2.35. The molecule has 3 rings (SSSR count). The van der Waals surface area contributed by atoms with Crippen molar-refractivity contribution in [2.75, 3.05) is 0 Å². The number of amides is 1. The zero-order valence-corrected chi connectivity index (χ0v) is 18.1. The largest absolute Gasteiger partial charge is 0.453 e. The third-order valence-electron chi connectivity index (χ3n) is 5.83. The molecule has 2 aromatic heterocycles. The lowest BCUT2D eigenvalue weighted by Crippen LogP contribution is -2.52. The van der Waals surface area contributed by atoms with Crippen LogP contribution in [0.2, 0.25) is 0 Å². The van der Waals surface area contributed by atoms with E-state index in [1.54, 1.807) is 4.52 Å². The van der Waals surface area contributed by atoms with Crippen LogP contribution in [0.3, 0.4) is 0 Å². The summed E-state index contributed by atoms with van der Waals surface area (Å²) in [4.78, 5) is 29.4. The maximum absolute atomic E-state index is 12.5. The fraction of sp³-hybridized carbons (Fsp3) is 0.591. The van der Waals surface area contributed by atoms with Crippen LogP contribution in [0.4, 0.5) is 0 Å². The summed E-state index contributed by atoms with van der Waals surface area (Å²) in [6.45, 7) is 7.32. The fourth-order valence-electron chi connectivity index (χ4n) is 4.10. The van der Waals surface area contributed by atoms with Gasteiger partial charge in [0.1, 0.15) is 5.54 Å². The first-order valence-corrected chi connectivity index (χ1v) is 10.5. The minimum Gasteiger partial charge on any atom is -0.453 e. The second-order valence-electron chi connectivity index (χ2n) is 8.19. The number of aryl methyl sites for hydroxylation is 3. The van der Waals surface area contributed by atoms with Crippen LogP contribution < -0.4 is 5.32 Å². The van der Waals surface area contributed by atoms with Crippen molar-refractivity contribution < 1.29 is 14.3 Å². The molecule has 2 aromatic rings. The van der Waals surface area contributed by atoms with Crippen molar-refractivity contribution in [3.63, 3.8) is 0 Å². The van der Waals surface area contributed by atoms with Gasteiger partial charge in [0.15, 0.2) is 11.8 Å². The number of aromatic nitrogens is 3. The van der Waals surface area contributed by atoms with E-state index in [-0.39, 0.29) is 6.42 Å². The Balaban J connectivity index is 1.58. The zero-order valence-electron chi connectivity index (χ0n) is 18.1. The van der Waals surface area contributed by atoms with Gasteiger partial charge >= 0.3 is 5.97 Å². The van der Waals surface area contributed by atoms with E-state index in [9.17, 15) is 14.9 Å². The molecule has 160 valence electrons. The topological polar surface area (TPSA) is 109 Å². The maximum atomic E-state index is 12.5. The first kappa shape index (κ1) is 21.8. The van der Waals surface area contributed by atoms with E-state index in [1.807, 2.05) is 26.8 Å². The second-order valence-corrected chi connectivity index (χ2v) is 8.19. The van der Waals surface area contributed by atoms with Gasteiger partial charge in [-0.2, -0.15) is 10.4 Å². The Bertz CT molecular complexity index is 998. The molecule has 8 nitrogen and oxygen atoms in total. The van der Waals surface area contributed by atoms with Crippen LogP contribution in [0.25, 0.3) is 5.65 Å². The molecule has 1 atom stereocenters. The molecule has 8 heteroatoms. The van der Waals surface area contributed by atoms with Crippen molar-refractivity contribution >= 4 is 17.5 Å². The van der Waals surface area contributed by atoms with Gasteiger partial charge in [-0.3, -0.25) is 9.59 Å². The molecule has 0 spiro atoms. The Morgan fingerprint density at radius 2 is 2.00 bits per heavy atom. The van der Waals surface area contributed by atoms with Gasteiger partial charge in [-0.1, -0.05) is 19.3 Å². The molecule has 1 aliphatic carbocycles. The van der Waals surface area contributed by atoms with Gasteiger partial charge in [0.25, 0.3) is 5.91 Å². The van der Waals surface area contributed by atoms with Gasteiger partial charge in [-0.05, 0) is 52.5 Å². The predicted molar refractivity (Wildman–Crippen MR) is 111 cm³/mol. The number of carbonyl (C=O) groups excluding carboxylic acids is 2. The molecule has 1 amide bonds. The van der Waals surface area contributed by atoms with Crippen LogP contribution in [0, 0.1) is 32.1 Å². The van der Waals surface area contributed by atoms with E-state index in [0.717, 1.165) is 47.6 Å². The van der Waals surface area contributed by atoms with E-state index >= 15 is 0 Å². The van der Waals surface area contributed by atoms with Crippen LogP contribution in [-0.4, -0.2) is 38.1 Å². The van der Waals surface area contributed by atoms with E-state index in [4.69, 9.17) is 4.74 Å². The average Bonchev–Trinajstić information content (AvgIpc) is 3.08. The van der Waals surface area contributed by atoms with Crippen LogP contribution in [0.5, 0.6) is 0 Å². The average molecular weight is 412 g/mol. The number of rotatable bonds is 6. The molecule has 1 fully saturated rings. The highest BCUT2D eigenvalue weighted by molar-refractivity contribution is 5.84. The number of fused-ring (bicyclic) bond motifs is 1. The lowest BCUT2D eigenvalue weighted by Gasteiger charge is -2.32. The number of esters is 1. The van der Waals surface area contributed by atoms with Gasteiger partial charge < -0.3 is 10.1 Å². The Labute approximate surface area is 176 Å². The van der Waals surface area contributed by atoms with Crippen molar-refractivity contribution in [1.29, 1.82) is 5.26 Å². The number of hydrogen-bond acceptors (Lipinski definition) is 6. The minimum atomic E-state index is -0.943. The molecule has 1 N–H and O–H groups in total. The van der Waals surface area contributed by atoms with E-state index in [2.05, 4.69) is 21.5 Å². The molecule has 30 heavy (non-hydrogen) atoms. The number of nitrogens with one attached hydrogen (secondary N) is 1. The first-order chi connectivity index (χ1) is 14.2. The van der Waals surface area contributed by atoms with Crippen molar-refractivity contribution in [2.24, 2.45) is 0 Å². The summed E-state index contributed by atoms with van der Waals surface area (Å²) in [5, 5.41) is 16.8. The molecule has 1 saturated carbocycles. The van der Waals surface area contributed by atoms with Crippen molar-refractivity contribution in [1.82, 2.24) is 19.9 Å². The number of nitrogens with zero attached hydrogens (tertiary/aromatic N) is 4. The molecule has 0 bridgehead atoms. The molecule has 2 heterocycles. The Morgan fingerprint density at radius 1 is 1.30 bits per heavy atom. The smallest absolute Gasteiger partial charge is 0.306 e. The van der Waals surface area contributed by atoms with Gasteiger partial charge in [0.2, 0.25) is 0 Å². The highest BCUT2D eigenvalue weighted by Crippen LogP contribution is 2.27. The Kier molecular flexibility index (Phi) is 6.40. The number of nitriles is 1. The Hall–Kier alpha value is -2.95. The van der Waals surface area contributed by atoms with E-state index in [1.165, 1.54) is 6.92 Å². The van der Waals surface area contributed by atoms with Gasteiger partial charge in [0.05, 0.1) is 11.8 Å². The van der Waals surface area contributed by atoms with Gasteiger partial charge in [-0.25, -0.2) is 9.50 Å². The Morgan fingerprint density at radius 3 is 2.67 bits per heavy atom. The lowest BCUT2D eigenvalue weighted by atomic mass is 9.83. The summed E-state index contributed by atoms with van der Waals surface area (Å²) < 4.78 is 7.12. The van der Waals surface area contributed by atoms with E-state index < -0.39 is 23.5 Å². The highest BCUT2D eigenvalue weighted by atomic mass is 16.5. The molecule has 0 saturated heterocycles. The molecule has 0 aromatic carbocycles. The third kappa shape index (κ3) is 4.61. The maximum Gasteiger partial charge on any atom is 0.306 e. The number of hydrogen-bond donors (Lipinski definition) is 1. The number of ether oxygens (including phenoxy) is 1. The fourth-order valence-corrected chi connectivity index (χ4v) is 4.10. The quantitative estimate of drug-likeness (QED) is 0.732. The molecule has 0 radical (unpaired) electrons. The van der Waals surface area contributed by atoms with Crippen LogP contribution in [0.1, 0.15) is 68.1 Å². The van der Waals surface area contributed by atoms with Crippen molar-refractivity contribution in [3.8, 4) is 6.07 Å². The molecular weight excluding hydrogens is 382 g/mol. The molecule has 0 aliphatic heterocycles. The molecule has 1 aliphatic rings. The zero-order chi connectivity index (χ0) is 21.9. The summed E-state index contributed by atoms with van der Waals surface area (Å²) in [5.41, 5.74) is 3.57. The third-order valence-corrected chi connectivity index (χ3v) is 5.83. The first-order valence-electron chi connectivity index (χ1n) is 10.5. The normalized spacial score (nSPS) is 16.6. The second kappa shape index (κ2) is 8.82. The van der Waals surface area contributed by atoms with Crippen molar-refractivity contribution in [2.45, 2.75) is 84.3 Å². The monoisotopic (exact) mass is 411 g/mol. The van der Waals surface area contributed by atoms with Crippen LogP contribution >= 0.6 is 0 Å².